The van der Waals surface area contributed by atoms with Gasteiger partial charge in [0.1, 0.15) is 0 Å². The minimum Gasteiger partial charge on any atom is -0.328 e. The van der Waals surface area contributed by atoms with E-state index in [1.807, 2.05) is 0 Å². The Morgan fingerprint density at radius 2 is 1.83 bits per heavy atom. The zero-order valence-electron chi connectivity index (χ0n) is 8.55. The standard InChI is InChI=1S/C11H23N/c1-3-4-10-5-7-11(8-6-10)9(2)12/h9-11H,3-8,12H2,1-2H3/t9-,10?,11?/m0/s1. The molecule has 1 fully saturated rings. The molecule has 1 saturated carbocycles. The Bertz CT molecular complexity index is 112. The lowest BCUT2D eigenvalue weighted by Gasteiger charge is -2.30. The molecule has 0 saturated heterocycles. The summed E-state index contributed by atoms with van der Waals surface area (Å²) in [6, 6.07) is 0.424. The SMILES string of the molecule is CCCC1CCC([C@H](C)N)CC1. The molecule has 1 heteroatoms. The van der Waals surface area contributed by atoms with Crippen molar-refractivity contribution >= 4 is 0 Å². The molecule has 12 heavy (non-hydrogen) atoms. The molecule has 0 spiro atoms. The van der Waals surface area contributed by atoms with Crippen molar-refractivity contribution in [1.29, 1.82) is 0 Å². The van der Waals surface area contributed by atoms with Crippen LogP contribution < -0.4 is 5.73 Å². The molecule has 1 rings (SSSR count). The van der Waals surface area contributed by atoms with E-state index >= 15 is 0 Å². The molecule has 1 atom stereocenters. The van der Waals surface area contributed by atoms with E-state index in [2.05, 4.69) is 13.8 Å². The molecule has 0 aromatic rings. The fourth-order valence-electron chi connectivity index (χ4n) is 2.41. The summed E-state index contributed by atoms with van der Waals surface area (Å²) in [7, 11) is 0. The van der Waals surface area contributed by atoms with Crippen LogP contribution in [0.4, 0.5) is 0 Å². The zero-order valence-corrected chi connectivity index (χ0v) is 8.55. The summed E-state index contributed by atoms with van der Waals surface area (Å²) in [5.74, 6) is 1.84. The first-order valence-electron chi connectivity index (χ1n) is 5.49. The van der Waals surface area contributed by atoms with Gasteiger partial charge in [0.25, 0.3) is 0 Å². The van der Waals surface area contributed by atoms with Crippen LogP contribution in [0, 0.1) is 11.8 Å². The van der Waals surface area contributed by atoms with Gasteiger partial charge in [0, 0.05) is 6.04 Å². The van der Waals surface area contributed by atoms with Crippen LogP contribution in [-0.4, -0.2) is 6.04 Å². The van der Waals surface area contributed by atoms with Crippen molar-refractivity contribution in [1.82, 2.24) is 0 Å². The maximum atomic E-state index is 5.89. The van der Waals surface area contributed by atoms with Crippen LogP contribution >= 0.6 is 0 Å². The summed E-state index contributed by atoms with van der Waals surface area (Å²) in [5.41, 5.74) is 5.89. The third kappa shape index (κ3) is 2.78. The highest BCUT2D eigenvalue weighted by molar-refractivity contribution is 4.77. The lowest BCUT2D eigenvalue weighted by Crippen LogP contribution is -2.30. The van der Waals surface area contributed by atoms with E-state index in [4.69, 9.17) is 5.73 Å². The summed E-state index contributed by atoms with van der Waals surface area (Å²) in [5, 5.41) is 0. The van der Waals surface area contributed by atoms with Gasteiger partial charge in [-0.25, -0.2) is 0 Å². The highest BCUT2D eigenvalue weighted by Gasteiger charge is 2.22. The predicted octanol–water partition coefficient (Wildman–Crippen LogP) is 2.94. The van der Waals surface area contributed by atoms with Gasteiger partial charge >= 0.3 is 0 Å². The Hall–Kier alpha value is -0.0400. The Morgan fingerprint density at radius 1 is 1.25 bits per heavy atom. The van der Waals surface area contributed by atoms with Gasteiger partial charge in [-0.05, 0) is 31.6 Å². The highest BCUT2D eigenvalue weighted by atomic mass is 14.6. The van der Waals surface area contributed by atoms with Crippen LogP contribution in [0.3, 0.4) is 0 Å². The lowest BCUT2D eigenvalue weighted by atomic mass is 9.78. The van der Waals surface area contributed by atoms with Crippen molar-refractivity contribution in [3.05, 3.63) is 0 Å². The third-order valence-corrected chi connectivity index (χ3v) is 3.33. The smallest absolute Gasteiger partial charge is 0.00387 e. The minimum atomic E-state index is 0.424. The molecule has 0 bridgehead atoms. The Morgan fingerprint density at radius 3 is 2.25 bits per heavy atom. The first kappa shape index (κ1) is 10.0. The molecule has 72 valence electrons. The zero-order chi connectivity index (χ0) is 8.97. The monoisotopic (exact) mass is 169 g/mol. The van der Waals surface area contributed by atoms with E-state index in [0.29, 0.717) is 6.04 Å². The molecule has 0 radical (unpaired) electrons. The van der Waals surface area contributed by atoms with E-state index in [1.165, 1.54) is 38.5 Å². The minimum absolute atomic E-state index is 0.424. The van der Waals surface area contributed by atoms with Crippen LogP contribution in [0.15, 0.2) is 0 Å². The molecule has 0 aliphatic heterocycles. The molecule has 0 aromatic carbocycles. The van der Waals surface area contributed by atoms with Crippen molar-refractivity contribution in [3.63, 3.8) is 0 Å². The maximum absolute atomic E-state index is 5.89. The van der Waals surface area contributed by atoms with Gasteiger partial charge in [-0.2, -0.15) is 0 Å². The molecule has 0 aromatic heterocycles. The van der Waals surface area contributed by atoms with E-state index in [9.17, 15) is 0 Å². The summed E-state index contributed by atoms with van der Waals surface area (Å²) in [4.78, 5) is 0. The normalized spacial score (nSPS) is 33.2. The van der Waals surface area contributed by atoms with Gasteiger partial charge in [-0.3, -0.25) is 0 Å². The number of hydrogen-bond acceptors (Lipinski definition) is 1. The van der Waals surface area contributed by atoms with Gasteiger partial charge in [-0.15, -0.1) is 0 Å². The van der Waals surface area contributed by atoms with Crippen LogP contribution in [0.25, 0.3) is 0 Å². The van der Waals surface area contributed by atoms with E-state index < -0.39 is 0 Å². The first-order chi connectivity index (χ1) is 5.74. The summed E-state index contributed by atoms with van der Waals surface area (Å²) >= 11 is 0. The second kappa shape index (κ2) is 4.86. The van der Waals surface area contributed by atoms with Crippen molar-refractivity contribution in [2.45, 2.75) is 58.4 Å². The number of nitrogens with two attached hydrogens (primary N) is 1. The van der Waals surface area contributed by atoms with E-state index in [-0.39, 0.29) is 0 Å². The molecule has 0 amide bonds. The fourth-order valence-corrected chi connectivity index (χ4v) is 2.41. The van der Waals surface area contributed by atoms with E-state index in [0.717, 1.165) is 11.8 Å². The summed E-state index contributed by atoms with van der Waals surface area (Å²) in [6.45, 7) is 4.45. The molecule has 2 N–H and O–H groups in total. The molecule has 1 aliphatic rings. The first-order valence-corrected chi connectivity index (χ1v) is 5.49. The predicted molar refractivity (Wildman–Crippen MR) is 54.0 cm³/mol. The molecule has 1 nitrogen and oxygen atoms in total. The van der Waals surface area contributed by atoms with Gasteiger partial charge in [0.2, 0.25) is 0 Å². The second-order valence-corrected chi connectivity index (χ2v) is 4.43. The molecular weight excluding hydrogens is 146 g/mol. The van der Waals surface area contributed by atoms with Crippen LogP contribution in [0.1, 0.15) is 52.4 Å². The lowest BCUT2D eigenvalue weighted by molar-refractivity contribution is 0.240. The quantitative estimate of drug-likeness (QED) is 0.690. The fraction of sp³-hybridized carbons (Fsp3) is 1.00. The Balaban J connectivity index is 2.20. The van der Waals surface area contributed by atoms with Crippen molar-refractivity contribution in [2.75, 3.05) is 0 Å². The Kier molecular flexibility index (Phi) is 4.07. The van der Waals surface area contributed by atoms with Crippen LogP contribution in [-0.2, 0) is 0 Å². The molecular formula is C11H23N. The second-order valence-electron chi connectivity index (χ2n) is 4.43. The van der Waals surface area contributed by atoms with Crippen LogP contribution in [0.5, 0.6) is 0 Å². The Labute approximate surface area is 76.7 Å². The number of rotatable bonds is 3. The summed E-state index contributed by atoms with van der Waals surface area (Å²) < 4.78 is 0. The third-order valence-electron chi connectivity index (χ3n) is 3.33. The molecule has 1 aliphatic carbocycles. The number of hydrogen-bond donors (Lipinski definition) is 1. The van der Waals surface area contributed by atoms with Gasteiger partial charge in [0.15, 0.2) is 0 Å². The van der Waals surface area contributed by atoms with Crippen LogP contribution in [0.2, 0.25) is 0 Å². The molecule has 0 unspecified atom stereocenters. The van der Waals surface area contributed by atoms with Gasteiger partial charge < -0.3 is 5.73 Å². The van der Waals surface area contributed by atoms with E-state index in [1.54, 1.807) is 0 Å². The molecule has 0 heterocycles. The summed E-state index contributed by atoms with van der Waals surface area (Å²) in [6.07, 6.45) is 8.41. The van der Waals surface area contributed by atoms with Gasteiger partial charge in [0.05, 0.1) is 0 Å². The topological polar surface area (TPSA) is 26.0 Å². The average molecular weight is 169 g/mol. The highest BCUT2D eigenvalue weighted by Crippen LogP contribution is 2.32. The van der Waals surface area contributed by atoms with Crippen molar-refractivity contribution in [3.8, 4) is 0 Å². The largest absolute Gasteiger partial charge is 0.328 e. The van der Waals surface area contributed by atoms with Crippen molar-refractivity contribution < 1.29 is 0 Å². The average Bonchev–Trinajstić information content (AvgIpc) is 2.06. The maximum Gasteiger partial charge on any atom is 0.00387 e. The van der Waals surface area contributed by atoms with Crippen molar-refractivity contribution in [2.24, 2.45) is 17.6 Å². The van der Waals surface area contributed by atoms with Gasteiger partial charge in [-0.1, -0.05) is 32.6 Å².